The molecule has 158 valence electrons. The predicted molar refractivity (Wildman–Crippen MR) is 126 cm³/mol. The minimum Gasteiger partial charge on any atom is -0.337 e. The number of benzene rings is 3. The second-order valence-corrected chi connectivity index (χ2v) is 9.09. The molecule has 1 aliphatic rings. The van der Waals surface area contributed by atoms with E-state index >= 15 is 0 Å². The highest BCUT2D eigenvalue weighted by molar-refractivity contribution is 8.00. The summed E-state index contributed by atoms with van der Waals surface area (Å²) in [6, 6.07) is 25.1. The molecule has 4 nitrogen and oxygen atoms in total. The minimum absolute atomic E-state index is 0.0383. The Morgan fingerprint density at radius 2 is 1.68 bits per heavy atom. The van der Waals surface area contributed by atoms with Crippen molar-refractivity contribution in [1.29, 1.82) is 0 Å². The SMILES string of the molecule is CN(Cc1ccc(Cl)cc1)C(=O)c1ccc([C@@H]2SCC(=O)N2Cc2ccccc2)cc1. The quantitative estimate of drug-likeness (QED) is 0.505. The Hall–Kier alpha value is -2.76. The summed E-state index contributed by atoms with van der Waals surface area (Å²) >= 11 is 7.56. The van der Waals surface area contributed by atoms with E-state index in [0.717, 1.165) is 16.7 Å². The fourth-order valence-electron chi connectivity index (χ4n) is 3.63. The molecule has 2 amide bonds. The lowest BCUT2D eigenvalue weighted by molar-refractivity contribution is -0.128. The Kier molecular flexibility index (Phi) is 6.64. The Morgan fingerprint density at radius 1 is 1.00 bits per heavy atom. The topological polar surface area (TPSA) is 40.6 Å². The lowest BCUT2D eigenvalue weighted by Crippen LogP contribution is -2.28. The zero-order valence-corrected chi connectivity index (χ0v) is 18.8. The van der Waals surface area contributed by atoms with Gasteiger partial charge in [0, 0.05) is 30.7 Å². The summed E-state index contributed by atoms with van der Waals surface area (Å²) in [4.78, 5) is 28.9. The van der Waals surface area contributed by atoms with Gasteiger partial charge in [-0.15, -0.1) is 11.8 Å². The maximum Gasteiger partial charge on any atom is 0.253 e. The maximum atomic E-state index is 12.8. The van der Waals surface area contributed by atoms with Gasteiger partial charge in [-0.1, -0.05) is 66.2 Å². The van der Waals surface area contributed by atoms with Crippen LogP contribution in [0.15, 0.2) is 78.9 Å². The third-order valence-corrected chi connectivity index (χ3v) is 6.79. The minimum atomic E-state index is -0.0437. The Bertz CT molecular complexity index is 1060. The monoisotopic (exact) mass is 450 g/mol. The Labute approximate surface area is 191 Å². The van der Waals surface area contributed by atoms with Gasteiger partial charge in [0.25, 0.3) is 5.91 Å². The molecule has 0 bridgehead atoms. The number of thioether (sulfide) groups is 1. The van der Waals surface area contributed by atoms with E-state index in [4.69, 9.17) is 11.6 Å². The number of hydrogen-bond acceptors (Lipinski definition) is 3. The van der Waals surface area contributed by atoms with Crippen LogP contribution >= 0.6 is 23.4 Å². The van der Waals surface area contributed by atoms with Crippen LogP contribution in [-0.4, -0.2) is 34.4 Å². The first-order chi connectivity index (χ1) is 15.0. The summed E-state index contributed by atoms with van der Waals surface area (Å²) in [5, 5.41) is 0.640. The molecule has 3 aromatic carbocycles. The van der Waals surface area contributed by atoms with Gasteiger partial charge >= 0.3 is 0 Å². The van der Waals surface area contributed by atoms with E-state index in [1.54, 1.807) is 23.7 Å². The molecule has 0 aliphatic carbocycles. The number of hydrogen-bond donors (Lipinski definition) is 0. The van der Waals surface area contributed by atoms with Gasteiger partial charge in [0.2, 0.25) is 5.91 Å². The van der Waals surface area contributed by atoms with Crippen LogP contribution in [0.3, 0.4) is 0 Å². The molecule has 3 aromatic rings. The fourth-order valence-corrected chi connectivity index (χ4v) is 4.94. The largest absolute Gasteiger partial charge is 0.337 e. The first-order valence-electron chi connectivity index (χ1n) is 10.1. The van der Waals surface area contributed by atoms with Crippen LogP contribution in [0.2, 0.25) is 5.02 Å². The van der Waals surface area contributed by atoms with Gasteiger partial charge in [0.05, 0.1) is 5.75 Å². The molecule has 6 heteroatoms. The number of amides is 2. The summed E-state index contributed by atoms with van der Waals surface area (Å²) in [5.74, 6) is 0.571. The van der Waals surface area contributed by atoms with Crippen molar-refractivity contribution < 1.29 is 9.59 Å². The van der Waals surface area contributed by atoms with Gasteiger partial charge in [-0.3, -0.25) is 9.59 Å². The van der Waals surface area contributed by atoms with Crippen molar-refractivity contribution in [3.8, 4) is 0 Å². The Morgan fingerprint density at radius 3 is 2.35 bits per heavy atom. The lowest BCUT2D eigenvalue weighted by atomic mass is 10.1. The van der Waals surface area contributed by atoms with Crippen molar-refractivity contribution in [2.45, 2.75) is 18.5 Å². The summed E-state index contributed by atoms with van der Waals surface area (Å²) < 4.78 is 0. The van der Waals surface area contributed by atoms with Gasteiger partial charge in [0.1, 0.15) is 5.37 Å². The molecular formula is C25H23ClN2O2S. The predicted octanol–water partition coefficient (Wildman–Crippen LogP) is 5.39. The van der Waals surface area contributed by atoms with E-state index in [0.29, 0.717) is 29.4 Å². The van der Waals surface area contributed by atoms with Crippen molar-refractivity contribution in [3.63, 3.8) is 0 Å². The number of carbonyl (C=O) groups excluding carboxylic acids is 2. The van der Waals surface area contributed by atoms with Crippen LogP contribution in [0.4, 0.5) is 0 Å². The van der Waals surface area contributed by atoms with Crippen LogP contribution in [0.25, 0.3) is 0 Å². The summed E-state index contributed by atoms with van der Waals surface area (Å²) in [5.41, 5.74) is 3.79. The molecule has 0 unspecified atom stereocenters. The first-order valence-corrected chi connectivity index (χ1v) is 11.5. The van der Waals surface area contributed by atoms with Crippen molar-refractivity contribution in [3.05, 3.63) is 106 Å². The average molecular weight is 451 g/mol. The van der Waals surface area contributed by atoms with E-state index in [1.807, 2.05) is 83.8 Å². The molecule has 0 radical (unpaired) electrons. The highest BCUT2D eigenvalue weighted by atomic mass is 35.5. The summed E-state index contributed by atoms with van der Waals surface area (Å²) in [7, 11) is 1.79. The molecule has 0 saturated carbocycles. The number of carbonyl (C=O) groups is 2. The molecule has 1 fully saturated rings. The molecule has 0 aromatic heterocycles. The molecule has 1 atom stereocenters. The first kappa shape index (κ1) is 21.5. The second-order valence-electron chi connectivity index (χ2n) is 7.58. The highest BCUT2D eigenvalue weighted by Crippen LogP contribution is 2.39. The average Bonchev–Trinajstić information content (AvgIpc) is 3.15. The van der Waals surface area contributed by atoms with Crippen LogP contribution in [0, 0.1) is 0 Å². The van der Waals surface area contributed by atoms with Gasteiger partial charge in [-0.2, -0.15) is 0 Å². The molecule has 0 spiro atoms. The van der Waals surface area contributed by atoms with Crippen molar-refractivity contribution in [1.82, 2.24) is 9.80 Å². The number of rotatable bonds is 6. The maximum absolute atomic E-state index is 12.8. The van der Waals surface area contributed by atoms with E-state index in [-0.39, 0.29) is 17.2 Å². The summed E-state index contributed by atoms with van der Waals surface area (Å²) in [6.45, 7) is 1.09. The normalized spacial score (nSPS) is 15.9. The van der Waals surface area contributed by atoms with Gasteiger partial charge in [0.15, 0.2) is 0 Å². The third-order valence-electron chi connectivity index (χ3n) is 5.29. The lowest BCUT2D eigenvalue weighted by Gasteiger charge is -2.24. The van der Waals surface area contributed by atoms with E-state index in [9.17, 15) is 9.59 Å². The molecular weight excluding hydrogens is 428 g/mol. The smallest absolute Gasteiger partial charge is 0.253 e. The van der Waals surface area contributed by atoms with E-state index < -0.39 is 0 Å². The second kappa shape index (κ2) is 9.58. The third kappa shape index (κ3) is 5.12. The van der Waals surface area contributed by atoms with Crippen LogP contribution in [-0.2, 0) is 17.9 Å². The van der Waals surface area contributed by atoms with Crippen molar-refractivity contribution in [2.75, 3.05) is 12.8 Å². The molecule has 1 saturated heterocycles. The number of halogens is 1. The van der Waals surface area contributed by atoms with Crippen LogP contribution < -0.4 is 0 Å². The van der Waals surface area contributed by atoms with Gasteiger partial charge < -0.3 is 9.80 Å². The fraction of sp³-hybridized carbons (Fsp3) is 0.200. The van der Waals surface area contributed by atoms with E-state index in [2.05, 4.69) is 0 Å². The van der Waals surface area contributed by atoms with Gasteiger partial charge in [-0.25, -0.2) is 0 Å². The zero-order chi connectivity index (χ0) is 21.8. The van der Waals surface area contributed by atoms with Crippen LogP contribution in [0.1, 0.15) is 32.4 Å². The molecule has 1 heterocycles. The van der Waals surface area contributed by atoms with E-state index in [1.165, 1.54) is 0 Å². The summed E-state index contributed by atoms with van der Waals surface area (Å²) in [6.07, 6.45) is 0. The van der Waals surface area contributed by atoms with Crippen molar-refractivity contribution >= 4 is 35.2 Å². The standard InChI is InChI=1S/C25H23ClN2O2S/c1-27(15-19-7-13-22(26)14-8-19)24(30)20-9-11-21(12-10-20)25-28(23(29)17-31-25)16-18-5-3-2-4-6-18/h2-14,25H,15-17H2,1H3/t25-/m0/s1. The Balaban J connectivity index is 1.44. The van der Waals surface area contributed by atoms with Crippen molar-refractivity contribution in [2.24, 2.45) is 0 Å². The molecule has 1 aliphatic heterocycles. The van der Waals surface area contributed by atoms with Crippen LogP contribution in [0.5, 0.6) is 0 Å². The molecule has 31 heavy (non-hydrogen) atoms. The van der Waals surface area contributed by atoms with Gasteiger partial charge in [-0.05, 0) is 41.0 Å². The zero-order valence-electron chi connectivity index (χ0n) is 17.2. The highest BCUT2D eigenvalue weighted by Gasteiger charge is 2.32. The molecule has 4 rings (SSSR count). The number of nitrogens with zero attached hydrogens (tertiary/aromatic N) is 2. The molecule has 0 N–H and O–H groups in total.